The van der Waals surface area contributed by atoms with Crippen molar-refractivity contribution in [2.75, 3.05) is 0 Å². The van der Waals surface area contributed by atoms with Crippen LogP contribution in [-0.2, 0) is 10.2 Å². The maximum Gasteiger partial charge on any atom is 0.145 e. The lowest BCUT2D eigenvalue weighted by Crippen LogP contribution is -2.38. The number of ketones is 1. The summed E-state index contributed by atoms with van der Waals surface area (Å²) >= 11 is 0. The first-order chi connectivity index (χ1) is 9.10. The van der Waals surface area contributed by atoms with Crippen molar-refractivity contribution in [2.45, 2.75) is 26.2 Å². The number of carbonyl (C=O) groups is 1. The van der Waals surface area contributed by atoms with Crippen LogP contribution in [0, 0.1) is 5.92 Å². The van der Waals surface area contributed by atoms with Crippen LogP contribution in [0.1, 0.15) is 31.9 Å². The third-order valence-corrected chi connectivity index (χ3v) is 4.42. The largest absolute Gasteiger partial charge is 0.299 e. The van der Waals surface area contributed by atoms with Crippen molar-refractivity contribution in [3.05, 3.63) is 59.7 Å². The van der Waals surface area contributed by atoms with Gasteiger partial charge in [-0.25, -0.2) is 0 Å². The molecule has 3 rings (SSSR count). The van der Waals surface area contributed by atoms with Crippen molar-refractivity contribution in [2.24, 2.45) is 5.92 Å². The topological polar surface area (TPSA) is 17.1 Å². The summed E-state index contributed by atoms with van der Waals surface area (Å²) in [6.07, 6.45) is 0. The minimum atomic E-state index is -0.479. The molecule has 96 valence electrons. The standard InChI is InChI=1S/C18H18O/c1-12(2)18(13(3)19)16-10-6-4-8-14(16)15-9-5-7-11-17(15)18/h4-12H,1-3H3. The predicted molar refractivity (Wildman–Crippen MR) is 78.2 cm³/mol. The van der Waals surface area contributed by atoms with E-state index in [4.69, 9.17) is 0 Å². The Kier molecular flexibility index (Phi) is 2.60. The molecule has 0 spiro atoms. The molecule has 2 aromatic rings. The van der Waals surface area contributed by atoms with Gasteiger partial charge in [0.15, 0.2) is 0 Å². The number of fused-ring (bicyclic) bond motifs is 3. The lowest BCUT2D eigenvalue weighted by Gasteiger charge is -2.33. The van der Waals surface area contributed by atoms with E-state index in [1.165, 1.54) is 22.3 Å². The zero-order valence-electron chi connectivity index (χ0n) is 11.6. The third-order valence-electron chi connectivity index (χ3n) is 4.42. The molecular formula is C18H18O. The fourth-order valence-electron chi connectivity index (χ4n) is 3.68. The number of hydrogen-bond donors (Lipinski definition) is 0. The molecule has 0 amide bonds. The van der Waals surface area contributed by atoms with Gasteiger partial charge < -0.3 is 0 Å². The number of Topliss-reactive ketones (excluding diaryl/α,β-unsaturated/α-hetero) is 1. The van der Waals surface area contributed by atoms with Crippen LogP contribution in [0.2, 0.25) is 0 Å². The van der Waals surface area contributed by atoms with Gasteiger partial charge in [0.25, 0.3) is 0 Å². The third kappa shape index (κ3) is 1.39. The summed E-state index contributed by atoms with van der Waals surface area (Å²) in [5.41, 5.74) is 4.27. The lowest BCUT2D eigenvalue weighted by atomic mass is 9.67. The van der Waals surface area contributed by atoms with Crippen molar-refractivity contribution in [3.63, 3.8) is 0 Å². The first kappa shape index (κ1) is 12.2. The minimum absolute atomic E-state index is 0.236. The molecule has 0 aromatic heterocycles. The van der Waals surface area contributed by atoms with Crippen molar-refractivity contribution in [3.8, 4) is 11.1 Å². The fraction of sp³-hybridized carbons (Fsp3) is 0.278. The van der Waals surface area contributed by atoms with Gasteiger partial charge in [0, 0.05) is 0 Å². The Bertz CT molecular complexity index is 607. The van der Waals surface area contributed by atoms with Crippen molar-refractivity contribution >= 4 is 5.78 Å². The van der Waals surface area contributed by atoms with E-state index in [1.54, 1.807) is 6.92 Å². The van der Waals surface area contributed by atoms with Gasteiger partial charge in [-0.2, -0.15) is 0 Å². The number of hydrogen-bond acceptors (Lipinski definition) is 1. The fourth-order valence-corrected chi connectivity index (χ4v) is 3.68. The Morgan fingerprint density at radius 1 is 0.895 bits per heavy atom. The van der Waals surface area contributed by atoms with Crippen LogP contribution >= 0.6 is 0 Å². The number of rotatable bonds is 2. The van der Waals surface area contributed by atoms with E-state index < -0.39 is 5.41 Å². The molecule has 1 nitrogen and oxygen atoms in total. The first-order valence-corrected chi connectivity index (χ1v) is 6.80. The molecule has 0 N–H and O–H groups in total. The molecule has 0 bridgehead atoms. The van der Waals surface area contributed by atoms with E-state index in [1.807, 2.05) is 24.3 Å². The van der Waals surface area contributed by atoms with Crippen molar-refractivity contribution in [1.29, 1.82) is 0 Å². The molecule has 1 aliphatic carbocycles. The quantitative estimate of drug-likeness (QED) is 0.780. The molecule has 0 fully saturated rings. The molecule has 0 atom stereocenters. The highest BCUT2D eigenvalue weighted by Gasteiger charge is 2.48. The maximum absolute atomic E-state index is 12.5. The van der Waals surface area contributed by atoms with Gasteiger partial charge in [0.2, 0.25) is 0 Å². The lowest BCUT2D eigenvalue weighted by molar-refractivity contribution is -0.122. The monoisotopic (exact) mass is 250 g/mol. The van der Waals surface area contributed by atoms with Gasteiger partial charge in [-0.05, 0) is 35.1 Å². The predicted octanol–water partition coefficient (Wildman–Crippen LogP) is 4.20. The Morgan fingerprint density at radius 3 is 1.68 bits per heavy atom. The summed E-state index contributed by atoms with van der Waals surface area (Å²) < 4.78 is 0. The summed E-state index contributed by atoms with van der Waals surface area (Å²) in [5.74, 6) is 0.481. The summed E-state index contributed by atoms with van der Waals surface area (Å²) in [6, 6.07) is 16.6. The number of benzene rings is 2. The van der Waals surface area contributed by atoms with Crippen LogP contribution in [0.3, 0.4) is 0 Å². The summed E-state index contributed by atoms with van der Waals surface area (Å²) in [5, 5.41) is 0. The second-order valence-corrected chi connectivity index (χ2v) is 5.61. The van der Waals surface area contributed by atoms with Crippen LogP contribution in [0.4, 0.5) is 0 Å². The molecular weight excluding hydrogens is 232 g/mol. The van der Waals surface area contributed by atoms with Crippen LogP contribution in [0.25, 0.3) is 11.1 Å². The molecule has 0 radical (unpaired) electrons. The molecule has 1 aliphatic rings. The molecule has 0 saturated heterocycles. The average Bonchev–Trinajstić information content (AvgIpc) is 2.70. The zero-order chi connectivity index (χ0) is 13.6. The van der Waals surface area contributed by atoms with Crippen molar-refractivity contribution in [1.82, 2.24) is 0 Å². The van der Waals surface area contributed by atoms with Gasteiger partial charge >= 0.3 is 0 Å². The highest BCUT2D eigenvalue weighted by atomic mass is 16.1. The Labute approximate surface area is 114 Å². The first-order valence-electron chi connectivity index (χ1n) is 6.80. The summed E-state index contributed by atoms with van der Waals surface area (Å²) in [4.78, 5) is 12.5. The van der Waals surface area contributed by atoms with Gasteiger partial charge in [0.1, 0.15) is 5.78 Å². The van der Waals surface area contributed by atoms with Gasteiger partial charge in [-0.3, -0.25) is 4.79 Å². The SMILES string of the molecule is CC(=O)C1(C(C)C)c2ccccc2-c2ccccc21. The smallest absolute Gasteiger partial charge is 0.145 e. The van der Waals surface area contributed by atoms with E-state index >= 15 is 0 Å². The van der Waals surface area contributed by atoms with E-state index in [-0.39, 0.29) is 11.7 Å². The molecule has 0 unspecified atom stereocenters. The van der Waals surface area contributed by atoms with Crippen LogP contribution < -0.4 is 0 Å². The number of carbonyl (C=O) groups excluding carboxylic acids is 1. The highest BCUT2D eigenvalue weighted by Crippen LogP contribution is 2.52. The van der Waals surface area contributed by atoms with E-state index in [9.17, 15) is 4.79 Å². The minimum Gasteiger partial charge on any atom is -0.299 e. The van der Waals surface area contributed by atoms with Gasteiger partial charge in [0.05, 0.1) is 5.41 Å². The van der Waals surface area contributed by atoms with Crippen LogP contribution in [0.15, 0.2) is 48.5 Å². The Balaban J connectivity index is 2.46. The normalized spacial score (nSPS) is 15.2. The molecule has 0 saturated carbocycles. The van der Waals surface area contributed by atoms with Crippen LogP contribution in [-0.4, -0.2) is 5.78 Å². The Hall–Kier alpha value is -1.89. The van der Waals surface area contributed by atoms with Crippen molar-refractivity contribution < 1.29 is 4.79 Å². The molecule has 0 heterocycles. The zero-order valence-corrected chi connectivity index (χ0v) is 11.6. The molecule has 19 heavy (non-hydrogen) atoms. The van der Waals surface area contributed by atoms with Gasteiger partial charge in [-0.1, -0.05) is 62.4 Å². The second kappa shape index (κ2) is 4.06. The van der Waals surface area contributed by atoms with E-state index in [2.05, 4.69) is 38.1 Å². The molecule has 2 aromatic carbocycles. The van der Waals surface area contributed by atoms with Crippen LogP contribution in [0.5, 0.6) is 0 Å². The second-order valence-electron chi connectivity index (χ2n) is 5.61. The molecule has 1 heteroatoms. The summed E-state index contributed by atoms with van der Waals surface area (Å²) in [6.45, 7) is 6.00. The Morgan fingerprint density at radius 2 is 1.32 bits per heavy atom. The van der Waals surface area contributed by atoms with E-state index in [0.717, 1.165) is 0 Å². The molecule has 0 aliphatic heterocycles. The highest BCUT2D eigenvalue weighted by molar-refractivity contribution is 6.00. The maximum atomic E-state index is 12.5. The average molecular weight is 250 g/mol. The van der Waals surface area contributed by atoms with Gasteiger partial charge in [-0.15, -0.1) is 0 Å². The van der Waals surface area contributed by atoms with E-state index in [0.29, 0.717) is 0 Å². The summed E-state index contributed by atoms with van der Waals surface area (Å²) in [7, 11) is 0.